The van der Waals surface area contributed by atoms with E-state index in [0.717, 1.165) is 33.3 Å². The molecule has 0 bridgehead atoms. The second kappa shape index (κ2) is 7.61. The molecule has 0 amide bonds. The van der Waals surface area contributed by atoms with Gasteiger partial charge in [-0.1, -0.05) is 24.3 Å². The van der Waals surface area contributed by atoms with Crippen molar-refractivity contribution in [2.45, 2.75) is 18.7 Å². The minimum Gasteiger partial charge on any atom is -0.372 e. The Bertz CT molecular complexity index is 1390. The highest BCUT2D eigenvalue weighted by molar-refractivity contribution is 7.89. The molecule has 1 aliphatic heterocycles. The lowest BCUT2D eigenvalue weighted by Gasteiger charge is -2.22. The lowest BCUT2D eigenvalue weighted by Crippen LogP contribution is -2.28. The average molecular weight is 442 g/mol. The summed E-state index contributed by atoms with van der Waals surface area (Å²) in [5.41, 5.74) is 1.88. The maximum Gasteiger partial charge on any atom is 0.247 e. The van der Waals surface area contributed by atoms with Gasteiger partial charge in [0.05, 0.1) is 20.8 Å². The SMILES string of the molecule is CCN(CC)c1ccc2nc3c4ccccc4c(=O)c(S(=O)(=O)N(C)C)c-3sc2c1. The van der Waals surface area contributed by atoms with Crippen LogP contribution in [-0.2, 0) is 10.0 Å². The first-order valence-corrected chi connectivity index (χ1v) is 12.0. The van der Waals surface area contributed by atoms with Crippen molar-refractivity contribution in [1.82, 2.24) is 9.29 Å². The molecule has 6 nitrogen and oxygen atoms in total. The van der Waals surface area contributed by atoms with E-state index in [1.54, 1.807) is 12.1 Å². The number of sulfonamides is 1. The number of fused-ring (bicyclic) bond motifs is 4. The van der Waals surface area contributed by atoms with E-state index in [4.69, 9.17) is 4.98 Å². The van der Waals surface area contributed by atoms with Crippen molar-refractivity contribution in [3.63, 3.8) is 0 Å². The Morgan fingerprint density at radius 3 is 2.30 bits per heavy atom. The zero-order valence-electron chi connectivity index (χ0n) is 17.3. The second-order valence-corrected chi connectivity index (χ2v) is 10.3. The molecule has 2 aromatic rings. The van der Waals surface area contributed by atoms with Crippen LogP contribution in [0.4, 0.5) is 5.69 Å². The summed E-state index contributed by atoms with van der Waals surface area (Å²) < 4.78 is 28.2. The standard InChI is InChI=1S/C22H23N3O3S2/c1-5-25(6-2)14-11-12-17-18(13-14)29-21-19(23-17)15-9-7-8-10-16(15)20(26)22(21)30(27,28)24(3)4/h7-13H,5-6H2,1-4H3. The van der Waals surface area contributed by atoms with Gasteiger partial charge >= 0.3 is 0 Å². The van der Waals surface area contributed by atoms with Crippen LogP contribution in [0.5, 0.6) is 0 Å². The zero-order chi connectivity index (χ0) is 21.6. The third kappa shape index (κ3) is 3.15. The first-order chi connectivity index (χ1) is 14.3. The molecule has 1 heterocycles. The number of nitrogens with zero attached hydrogens (tertiary/aromatic N) is 3. The van der Waals surface area contributed by atoms with E-state index in [1.165, 1.54) is 25.4 Å². The van der Waals surface area contributed by atoms with Crippen LogP contribution < -0.4 is 10.3 Å². The van der Waals surface area contributed by atoms with Gasteiger partial charge in [0.1, 0.15) is 4.90 Å². The summed E-state index contributed by atoms with van der Waals surface area (Å²) in [6.07, 6.45) is 0. The van der Waals surface area contributed by atoms with Gasteiger partial charge in [-0.05, 0) is 32.0 Å². The number of rotatable bonds is 5. The number of hydrogen-bond acceptors (Lipinski definition) is 6. The number of benzene rings is 3. The van der Waals surface area contributed by atoms with E-state index in [0.29, 0.717) is 21.3 Å². The molecule has 0 atom stereocenters. The van der Waals surface area contributed by atoms with Crippen LogP contribution in [0.15, 0.2) is 52.2 Å². The van der Waals surface area contributed by atoms with Crippen molar-refractivity contribution < 1.29 is 8.42 Å². The highest BCUT2D eigenvalue weighted by Crippen LogP contribution is 2.40. The lowest BCUT2D eigenvalue weighted by molar-refractivity contribution is 0.520. The summed E-state index contributed by atoms with van der Waals surface area (Å²) in [6, 6.07) is 13.1. The van der Waals surface area contributed by atoms with E-state index in [1.807, 2.05) is 30.3 Å². The molecule has 1 aliphatic carbocycles. The summed E-state index contributed by atoms with van der Waals surface area (Å²) in [4.78, 5) is 20.5. The van der Waals surface area contributed by atoms with Crippen LogP contribution in [0.2, 0.25) is 0 Å². The van der Waals surface area contributed by atoms with Gasteiger partial charge in [-0.3, -0.25) is 4.79 Å². The van der Waals surface area contributed by atoms with Crippen LogP contribution >= 0.6 is 11.3 Å². The molecule has 4 rings (SSSR count). The predicted molar refractivity (Wildman–Crippen MR) is 124 cm³/mol. The normalized spacial score (nSPS) is 12.3. The van der Waals surface area contributed by atoms with Crippen molar-refractivity contribution >= 4 is 48.0 Å². The van der Waals surface area contributed by atoms with Crippen molar-refractivity contribution in [2.75, 3.05) is 32.1 Å². The molecular weight excluding hydrogens is 418 g/mol. The Hall–Kier alpha value is -2.55. The zero-order valence-corrected chi connectivity index (χ0v) is 19.0. The number of anilines is 1. The molecule has 0 N–H and O–H groups in total. The van der Waals surface area contributed by atoms with Crippen LogP contribution in [-0.4, -0.2) is 44.9 Å². The van der Waals surface area contributed by atoms with E-state index in [2.05, 4.69) is 18.7 Å². The highest BCUT2D eigenvalue weighted by atomic mass is 32.2. The lowest BCUT2D eigenvalue weighted by atomic mass is 10.1. The van der Waals surface area contributed by atoms with Gasteiger partial charge in [0.15, 0.2) is 0 Å². The molecule has 0 spiro atoms. The van der Waals surface area contributed by atoms with Gasteiger partial charge in [0.25, 0.3) is 0 Å². The van der Waals surface area contributed by atoms with Crippen molar-refractivity contribution in [2.24, 2.45) is 0 Å². The molecule has 30 heavy (non-hydrogen) atoms. The second-order valence-electron chi connectivity index (χ2n) is 7.21. The molecule has 8 heteroatoms. The predicted octanol–water partition coefficient (Wildman–Crippen LogP) is 4.01. The molecular formula is C22H23N3O3S2. The fourth-order valence-electron chi connectivity index (χ4n) is 3.66. The van der Waals surface area contributed by atoms with Crippen molar-refractivity contribution in [3.05, 3.63) is 52.7 Å². The van der Waals surface area contributed by atoms with Crippen LogP contribution in [0, 0.1) is 0 Å². The van der Waals surface area contributed by atoms with Crippen LogP contribution in [0.3, 0.4) is 0 Å². The topological polar surface area (TPSA) is 70.6 Å². The number of hydrogen-bond donors (Lipinski definition) is 0. The van der Waals surface area contributed by atoms with E-state index >= 15 is 0 Å². The van der Waals surface area contributed by atoms with Gasteiger partial charge in [-0.15, -0.1) is 11.3 Å². The fraction of sp³-hybridized carbons (Fsp3) is 0.273. The molecule has 0 aromatic heterocycles. The van der Waals surface area contributed by atoms with Crippen LogP contribution in [0.1, 0.15) is 13.8 Å². The van der Waals surface area contributed by atoms with Crippen LogP contribution in [0.25, 0.3) is 31.6 Å². The Balaban J connectivity index is 2.18. The summed E-state index contributed by atoms with van der Waals surface area (Å²) >= 11 is 1.31. The molecule has 0 saturated heterocycles. The summed E-state index contributed by atoms with van der Waals surface area (Å²) in [5, 5.41) is 1.03. The number of aromatic nitrogens is 1. The molecule has 0 saturated carbocycles. The van der Waals surface area contributed by atoms with Crippen molar-refractivity contribution in [3.8, 4) is 10.6 Å². The highest BCUT2D eigenvalue weighted by Gasteiger charge is 2.30. The summed E-state index contributed by atoms with van der Waals surface area (Å²) in [6.45, 7) is 5.91. The molecule has 156 valence electrons. The maximum atomic E-state index is 13.3. The molecule has 2 aromatic carbocycles. The van der Waals surface area contributed by atoms with Gasteiger partial charge in [0, 0.05) is 43.6 Å². The molecule has 0 radical (unpaired) electrons. The minimum atomic E-state index is -3.95. The van der Waals surface area contributed by atoms with Gasteiger partial charge in [-0.25, -0.2) is 17.7 Å². The third-order valence-corrected chi connectivity index (χ3v) is 8.45. The Morgan fingerprint density at radius 1 is 1.00 bits per heavy atom. The quantitative estimate of drug-likeness (QED) is 0.346. The van der Waals surface area contributed by atoms with Gasteiger partial charge in [0.2, 0.25) is 15.5 Å². The monoisotopic (exact) mass is 441 g/mol. The Morgan fingerprint density at radius 2 is 1.67 bits per heavy atom. The molecule has 0 unspecified atom stereocenters. The third-order valence-electron chi connectivity index (χ3n) is 5.31. The van der Waals surface area contributed by atoms with Gasteiger partial charge in [-0.2, -0.15) is 0 Å². The van der Waals surface area contributed by atoms with Crippen molar-refractivity contribution in [1.29, 1.82) is 0 Å². The van der Waals surface area contributed by atoms with E-state index in [9.17, 15) is 13.2 Å². The van der Waals surface area contributed by atoms with E-state index in [-0.39, 0.29) is 4.90 Å². The molecule has 2 aliphatic rings. The largest absolute Gasteiger partial charge is 0.372 e. The first-order valence-electron chi connectivity index (χ1n) is 9.76. The summed E-state index contributed by atoms with van der Waals surface area (Å²) in [5.74, 6) is 0. The Labute approximate surface area is 179 Å². The Kier molecular flexibility index (Phi) is 5.25. The average Bonchev–Trinajstić information content (AvgIpc) is 2.73. The van der Waals surface area contributed by atoms with Gasteiger partial charge < -0.3 is 4.90 Å². The maximum absolute atomic E-state index is 13.3. The fourth-order valence-corrected chi connectivity index (χ4v) is 6.20. The minimum absolute atomic E-state index is 0.200. The molecule has 0 fully saturated rings. The summed E-state index contributed by atoms with van der Waals surface area (Å²) in [7, 11) is -1.07. The first kappa shape index (κ1) is 20.7. The smallest absolute Gasteiger partial charge is 0.247 e. The van der Waals surface area contributed by atoms with E-state index < -0.39 is 15.5 Å².